The van der Waals surface area contributed by atoms with Gasteiger partial charge >= 0.3 is 0 Å². The number of benzene rings is 2. The molecule has 0 heterocycles. The van der Waals surface area contributed by atoms with E-state index in [1.165, 1.54) is 30.3 Å². The fraction of sp³-hybridized carbons (Fsp3) is 0.200. The number of rotatable bonds is 6. The molecule has 2 N–H and O–H groups in total. The Bertz CT molecular complexity index is 1020. The second-order valence-electron chi connectivity index (χ2n) is 5.60. The van der Waals surface area contributed by atoms with Crippen molar-refractivity contribution >= 4 is 37.3 Å². The van der Waals surface area contributed by atoms with Crippen LogP contribution in [0.25, 0.3) is 0 Å². The van der Waals surface area contributed by atoms with Crippen LogP contribution in [0.3, 0.4) is 0 Å². The van der Waals surface area contributed by atoms with Crippen molar-refractivity contribution < 1.29 is 21.2 Å². The van der Waals surface area contributed by atoms with Gasteiger partial charge in [0.1, 0.15) is 10.7 Å². The Kier molecular flexibility index (Phi) is 4.76. The lowest BCUT2D eigenvalue weighted by Crippen LogP contribution is -2.25. The smallest absolute Gasteiger partial charge is 0.264 e. The second-order valence-corrected chi connectivity index (χ2v) is 9.40. The first-order valence-electron chi connectivity index (χ1n) is 7.28. The third kappa shape index (κ3) is 4.30. The molecule has 0 radical (unpaired) electrons. The van der Waals surface area contributed by atoms with Crippen molar-refractivity contribution in [2.24, 2.45) is 0 Å². The molecule has 0 aromatic heterocycles. The molecule has 6 nitrogen and oxygen atoms in total. The summed E-state index contributed by atoms with van der Waals surface area (Å²) in [6, 6.07) is 8.40. The minimum Gasteiger partial charge on any atom is -0.279 e. The topological polar surface area (TPSA) is 92.3 Å². The molecule has 0 amide bonds. The fourth-order valence-corrected chi connectivity index (χ4v) is 4.74. The first kappa shape index (κ1) is 18.1. The van der Waals surface area contributed by atoms with Crippen LogP contribution in [0.1, 0.15) is 12.8 Å². The highest BCUT2D eigenvalue weighted by atomic mass is 35.5. The molecule has 0 spiro atoms. The van der Waals surface area contributed by atoms with Crippen LogP contribution in [0.5, 0.6) is 0 Å². The van der Waals surface area contributed by atoms with Crippen LogP contribution in [-0.2, 0) is 20.0 Å². The lowest BCUT2D eigenvalue weighted by atomic mass is 10.3. The zero-order chi connectivity index (χ0) is 18.2. The molecular weight excluding hydrogens is 391 g/mol. The molecular formula is C15H14ClFN2O4S2. The van der Waals surface area contributed by atoms with Crippen LogP contribution in [0.4, 0.5) is 10.1 Å². The summed E-state index contributed by atoms with van der Waals surface area (Å²) in [5.41, 5.74) is 0.00743. The summed E-state index contributed by atoms with van der Waals surface area (Å²) in [4.78, 5) is -0.655. The van der Waals surface area contributed by atoms with E-state index in [4.69, 9.17) is 11.6 Å². The van der Waals surface area contributed by atoms with Crippen molar-refractivity contribution in [3.8, 4) is 0 Å². The van der Waals surface area contributed by atoms with Crippen LogP contribution >= 0.6 is 11.6 Å². The van der Waals surface area contributed by atoms with Gasteiger partial charge in [0.2, 0.25) is 10.0 Å². The van der Waals surface area contributed by atoms with Crippen molar-refractivity contribution in [2.75, 3.05) is 4.72 Å². The Labute approximate surface area is 150 Å². The Morgan fingerprint density at radius 3 is 2.36 bits per heavy atom. The maximum absolute atomic E-state index is 13.9. The number of sulfonamides is 2. The van der Waals surface area contributed by atoms with Crippen molar-refractivity contribution in [3.05, 3.63) is 53.3 Å². The Morgan fingerprint density at radius 1 is 1.00 bits per heavy atom. The predicted molar refractivity (Wildman–Crippen MR) is 92.0 cm³/mol. The molecule has 1 saturated carbocycles. The summed E-state index contributed by atoms with van der Waals surface area (Å²) in [6.07, 6.45) is 1.56. The van der Waals surface area contributed by atoms with Gasteiger partial charge in [0.25, 0.3) is 10.0 Å². The van der Waals surface area contributed by atoms with Crippen molar-refractivity contribution in [3.63, 3.8) is 0 Å². The van der Waals surface area contributed by atoms with E-state index < -0.39 is 30.8 Å². The minimum absolute atomic E-state index is 0.00743. The van der Waals surface area contributed by atoms with Gasteiger partial charge in [-0.05, 0) is 49.2 Å². The molecule has 0 bridgehead atoms. The average molecular weight is 405 g/mol. The van der Waals surface area contributed by atoms with Crippen LogP contribution in [-0.4, -0.2) is 22.9 Å². The quantitative estimate of drug-likeness (QED) is 0.774. The van der Waals surface area contributed by atoms with Gasteiger partial charge in [0, 0.05) is 11.1 Å². The van der Waals surface area contributed by atoms with Gasteiger partial charge in [0.05, 0.1) is 10.6 Å². The van der Waals surface area contributed by atoms with E-state index in [1.54, 1.807) is 0 Å². The molecule has 0 unspecified atom stereocenters. The van der Waals surface area contributed by atoms with Crippen LogP contribution in [0.15, 0.2) is 52.3 Å². The summed E-state index contributed by atoms with van der Waals surface area (Å²) in [7, 11) is -7.96. The molecule has 2 aromatic rings. The maximum Gasteiger partial charge on any atom is 0.264 e. The fourth-order valence-electron chi connectivity index (χ4n) is 2.12. The molecule has 0 saturated heterocycles. The molecule has 0 atom stereocenters. The highest BCUT2D eigenvalue weighted by Gasteiger charge is 2.28. The summed E-state index contributed by atoms with van der Waals surface area (Å²) in [5.74, 6) is -1.00. The van der Waals surface area contributed by atoms with Gasteiger partial charge in [-0.25, -0.2) is 25.9 Å². The number of anilines is 1. The molecule has 1 aliphatic rings. The van der Waals surface area contributed by atoms with Crippen molar-refractivity contribution in [1.82, 2.24) is 4.72 Å². The standard InChI is InChI=1S/C15H14ClFN2O4S2/c16-10-4-7-15(14(17)8-10)25(22,23)19-12-2-1-3-13(9-12)24(20,21)18-11-5-6-11/h1-4,7-9,11,18-19H,5-6H2. The molecule has 10 heteroatoms. The van der Waals surface area contributed by atoms with E-state index >= 15 is 0 Å². The van der Waals surface area contributed by atoms with E-state index in [1.807, 2.05) is 0 Å². The van der Waals surface area contributed by atoms with E-state index in [9.17, 15) is 21.2 Å². The molecule has 25 heavy (non-hydrogen) atoms. The van der Waals surface area contributed by atoms with Crippen molar-refractivity contribution in [2.45, 2.75) is 28.7 Å². The van der Waals surface area contributed by atoms with Gasteiger partial charge in [-0.2, -0.15) is 0 Å². The highest BCUT2D eigenvalue weighted by molar-refractivity contribution is 7.92. The molecule has 2 aromatic carbocycles. The zero-order valence-electron chi connectivity index (χ0n) is 12.7. The summed E-state index contributed by atoms with van der Waals surface area (Å²) < 4.78 is 67.6. The summed E-state index contributed by atoms with van der Waals surface area (Å²) >= 11 is 5.62. The van der Waals surface area contributed by atoms with Gasteiger partial charge < -0.3 is 0 Å². The van der Waals surface area contributed by atoms with Gasteiger partial charge in [-0.15, -0.1) is 0 Å². The third-order valence-corrected chi connectivity index (χ3v) is 6.65. The minimum atomic E-state index is -4.23. The summed E-state index contributed by atoms with van der Waals surface area (Å²) in [6.45, 7) is 0. The van der Waals surface area contributed by atoms with Crippen LogP contribution in [0, 0.1) is 5.82 Å². The van der Waals surface area contributed by atoms with Crippen LogP contribution < -0.4 is 9.44 Å². The normalized spacial score (nSPS) is 15.1. The Balaban J connectivity index is 1.88. The third-order valence-electron chi connectivity index (χ3n) is 3.48. The van der Waals surface area contributed by atoms with Gasteiger partial charge in [0.15, 0.2) is 0 Å². The molecule has 3 rings (SSSR count). The van der Waals surface area contributed by atoms with E-state index in [2.05, 4.69) is 9.44 Å². The predicted octanol–water partition coefficient (Wildman–Crippen LogP) is 2.72. The number of hydrogen-bond donors (Lipinski definition) is 2. The zero-order valence-corrected chi connectivity index (χ0v) is 15.1. The lowest BCUT2D eigenvalue weighted by molar-refractivity contribution is 0.570. The molecule has 1 fully saturated rings. The Hall–Kier alpha value is -1.68. The lowest BCUT2D eigenvalue weighted by Gasteiger charge is -2.11. The highest BCUT2D eigenvalue weighted by Crippen LogP contribution is 2.25. The molecule has 134 valence electrons. The largest absolute Gasteiger partial charge is 0.279 e. The average Bonchev–Trinajstić information content (AvgIpc) is 3.30. The number of nitrogens with one attached hydrogen (secondary N) is 2. The SMILES string of the molecule is O=S(=O)(NC1CC1)c1cccc(NS(=O)(=O)c2ccc(Cl)cc2F)c1. The van der Waals surface area contributed by atoms with Gasteiger partial charge in [-0.1, -0.05) is 17.7 Å². The number of halogens is 2. The molecule has 0 aliphatic heterocycles. The molecule has 1 aliphatic carbocycles. The van der Waals surface area contributed by atoms with Crippen LogP contribution in [0.2, 0.25) is 5.02 Å². The monoisotopic (exact) mass is 404 g/mol. The van der Waals surface area contributed by atoms with Crippen molar-refractivity contribution in [1.29, 1.82) is 0 Å². The number of hydrogen-bond acceptors (Lipinski definition) is 4. The first-order valence-corrected chi connectivity index (χ1v) is 10.6. The summed E-state index contributed by atoms with van der Waals surface area (Å²) in [5, 5.41) is 0.0655. The van der Waals surface area contributed by atoms with E-state index in [0.717, 1.165) is 25.0 Å². The second kappa shape index (κ2) is 6.56. The van der Waals surface area contributed by atoms with Gasteiger partial charge in [-0.3, -0.25) is 4.72 Å². The first-order chi connectivity index (χ1) is 11.7. The maximum atomic E-state index is 13.9. The van der Waals surface area contributed by atoms with E-state index in [0.29, 0.717) is 0 Å². The van der Waals surface area contributed by atoms with E-state index in [-0.39, 0.29) is 21.6 Å². The Morgan fingerprint density at radius 2 is 1.72 bits per heavy atom.